The molecule has 0 saturated carbocycles. The van der Waals surface area contributed by atoms with E-state index in [-0.39, 0.29) is 9.90 Å². The molecule has 0 amide bonds. The van der Waals surface area contributed by atoms with Crippen molar-refractivity contribution in [1.29, 1.82) is 0 Å². The van der Waals surface area contributed by atoms with Crippen molar-refractivity contribution in [2.45, 2.75) is 17.6 Å². The number of rotatable bonds is 5. The van der Waals surface area contributed by atoms with Crippen LogP contribution < -0.4 is 4.31 Å². The maximum absolute atomic E-state index is 12.8. The number of carbonyl (C=O) groups is 1. The standard InChI is InChI=1S/C16H16N2O4S2/c1-3-10-7-11-9-12(16(19)20)17-15(11)13(8-10)18(2)24(21,22)14-5-4-6-23-14/h4-9,17H,3H2,1-2H3,(H,19,20). The number of aromatic nitrogens is 1. The number of thiophene rings is 1. The number of fused-ring (bicyclic) bond motifs is 1. The maximum Gasteiger partial charge on any atom is 0.352 e. The molecule has 0 radical (unpaired) electrons. The van der Waals surface area contributed by atoms with Crippen LogP contribution in [0.15, 0.2) is 39.9 Å². The number of aryl methyl sites for hydroxylation is 1. The van der Waals surface area contributed by atoms with Crippen molar-refractivity contribution in [2.24, 2.45) is 0 Å². The number of aromatic carboxylic acids is 1. The highest BCUT2D eigenvalue weighted by Gasteiger charge is 2.25. The summed E-state index contributed by atoms with van der Waals surface area (Å²) in [7, 11) is -2.21. The average molecular weight is 364 g/mol. The maximum atomic E-state index is 12.8. The van der Waals surface area contributed by atoms with Gasteiger partial charge in [-0.3, -0.25) is 4.31 Å². The Balaban J connectivity index is 2.22. The summed E-state index contributed by atoms with van der Waals surface area (Å²) in [4.78, 5) is 14.0. The highest BCUT2D eigenvalue weighted by atomic mass is 32.2. The van der Waals surface area contributed by atoms with E-state index in [9.17, 15) is 18.3 Å². The second-order valence-corrected chi connectivity index (χ2v) is 8.47. The van der Waals surface area contributed by atoms with Crippen LogP contribution in [0, 0.1) is 0 Å². The zero-order chi connectivity index (χ0) is 17.5. The highest BCUT2D eigenvalue weighted by molar-refractivity contribution is 7.94. The number of sulfonamides is 1. The summed E-state index contributed by atoms with van der Waals surface area (Å²) >= 11 is 1.14. The number of carboxylic acid groups (broad SMARTS) is 1. The summed E-state index contributed by atoms with van der Waals surface area (Å²) in [5.41, 5.74) is 1.89. The molecule has 0 unspecified atom stereocenters. The van der Waals surface area contributed by atoms with Gasteiger partial charge in [0.1, 0.15) is 9.90 Å². The van der Waals surface area contributed by atoms with Crippen LogP contribution >= 0.6 is 11.3 Å². The first kappa shape index (κ1) is 16.5. The van der Waals surface area contributed by atoms with Crippen molar-refractivity contribution >= 4 is 43.9 Å². The van der Waals surface area contributed by atoms with Crippen LogP contribution in [0.4, 0.5) is 5.69 Å². The Hall–Kier alpha value is -2.32. The molecule has 2 aromatic heterocycles. The van der Waals surface area contributed by atoms with E-state index in [2.05, 4.69) is 4.98 Å². The zero-order valence-corrected chi connectivity index (χ0v) is 14.7. The number of H-pyrrole nitrogens is 1. The molecule has 0 atom stereocenters. The molecule has 3 aromatic rings. The van der Waals surface area contributed by atoms with E-state index in [0.29, 0.717) is 23.0 Å². The van der Waals surface area contributed by atoms with Crippen molar-refractivity contribution in [2.75, 3.05) is 11.4 Å². The van der Waals surface area contributed by atoms with Gasteiger partial charge in [0.2, 0.25) is 0 Å². The van der Waals surface area contributed by atoms with Gasteiger partial charge in [-0.25, -0.2) is 13.2 Å². The van der Waals surface area contributed by atoms with Crippen LogP contribution in [0.3, 0.4) is 0 Å². The topological polar surface area (TPSA) is 90.5 Å². The SMILES string of the molecule is CCc1cc(N(C)S(=O)(=O)c2cccs2)c2[nH]c(C(=O)O)cc2c1. The van der Waals surface area contributed by atoms with E-state index in [0.717, 1.165) is 16.9 Å². The largest absolute Gasteiger partial charge is 0.477 e. The fraction of sp³-hybridized carbons (Fsp3) is 0.188. The van der Waals surface area contributed by atoms with Crippen molar-refractivity contribution in [1.82, 2.24) is 4.98 Å². The molecule has 0 aliphatic heterocycles. The second kappa shape index (κ2) is 5.95. The number of hydrogen-bond acceptors (Lipinski definition) is 4. The predicted octanol–water partition coefficient (Wildman–Crippen LogP) is 3.32. The van der Waals surface area contributed by atoms with E-state index in [4.69, 9.17) is 0 Å². The lowest BCUT2D eigenvalue weighted by molar-refractivity contribution is 0.0691. The Kier molecular flexibility index (Phi) is 4.10. The van der Waals surface area contributed by atoms with E-state index >= 15 is 0 Å². The molecule has 2 heterocycles. The molecule has 6 nitrogen and oxygen atoms in total. The zero-order valence-electron chi connectivity index (χ0n) is 13.1. The van der Waals surface area contributed by atoms with E-state index in [1.54, 1.807) is 23.6 Å². The minimum atomic E-state index is -3.69. The molecule has 126 valence electrons. The molecule has 0 aliphatic carbocycles. The summed E-state index contributed by atoms with van der Waals surface area (Å²) in [5, 5.41) is 11.6. The van der Waals surface area contributed by atoms with Gasteiger partial charge >= 0.3 is 5.97 Å². The predicted molar refractivity (Wildman–Crippen MR) is 94.5 cm³/mol. The molecule has 2 N–H and O–H groups in total. The third kappa shape index (κ3) is 2.67. The Bertz CT molecular complexity index is 1000. The monoisotopic (exact) mass is 364 g/mol. The molecule has 0 aliphatic rings. The van der Waals surface area contributed by atoms with Gasteiger partial charge in [-0.15, -0.1) is 11.3 Å². The molecule has 3 rings (SSSR count). The lowest BCUT2D eigenvalue weighted by Gasteiger charge is -2.20. The van der Waals surface area contributed by atoms with Gasteiger partial charge in [0.15, 0.2) is 0 Å². The van der Waals surface area contributed by atoms with E-state index < -0.39 is 16.0 Å². The van der Waals surface area contributed by atoms with Gasteiger partial charge in [0.25, 0.3) is 10.0 Å². The Morgan fingerprint density at radius 1 is 1.33 bits per heavy atom. The lowest BCUT2D eigenvalue weighted by Crippen LogP contribution is -2.26. The van der Waals surface area contributed by atoms with Crippen molar-refractivity contribution in [3.8, 4) is 0 Å². The Labute approximate surface area is 143 Å². The summed E-state index contributed by atoms with van der Waals surface area (Å²) in [6, 6.07) is 8.39. The fourth-order valence-electron chi connectivity index (χ4n) is 2.53. The first-order valence-corrected chi connectivity index (χ1v) is 9.58. The second-order valence-electron chi connectivity index (χ2n) is 5.33. The Morgan fingerprint density at radius 3 is 2.67 bits per heavy atom. The normalized spacial score (nSPS) is 11.8. The van der Waals surface area contributed by atoms with Crippen molar-refractivity contribution in [3.63, 3.8) is 0 Å². The van der Waals surface area contributed by atoms with Crippen molar-refractivity contribution < 1.29 is 18.3 Å². The number of hydrogen-bond donors (Lipinski definition) is 2. The summed E-state index contributed by atoms with van der Waals surface area (Å²) in [5.74, 6) is -1.08. The number of aromatic amines is 1. The molecule has 8 heteroatoms. The summed E-state index contributed by atoms with van der Waals surface area (Å²) in [6.07, 6.45) is 0.712. The molecule has 0 fully saturated rings. The third-order valence-corrected chi connectivity index (χ3v) is 7.00. The van der Waals surface area contributed by atoms with Crippen LogP contribution in [0.2, 0.25) is 0 Å². The fourth-order valence-corrected chi connectivity index (χ4v) is 4.89. The number of nitrogens with zero attached hydrogens (tertiary/aromatic N) is 1. The van der Waals surface area contributed by atoms with Crippen LogP contribution in [-0.2, 0) is 16.4 Å². The van der Waals surface area contributed by atoms with Crippen molar-refractivity contribution in [3.05, 3.63) is 47.0 Å². The minimum Gasteiger partial charge on any atom is -0.477 e. The molecule has 24 heavy (non-hydrogen) atoms. The van der Waals surface area contributed by atoms with E-state index in [1.165, 1.54) is 17.4 Å². The number of nitrogens with one attached hydrogen (secondary N) is 1. The first-order chi connectivity index (χ1) is 11.3. The third-order valence-electron chi connectivity index (χ3n) is 3.86. The van der Waals surface area contributed by atoms with Gasteiger partial charge in [-0.05, 0) is 41.6 Å². The molecule has 0 spiro atoms. The van der Waals surface area contributed by atoms with Crippen LogP contribution in [-0.4, -0.2) is 31.5 Å². The van der Waals surface area contributed by atoms with Crippen LogP contribution in [0.5, 0.6) is 0 Å². The van der Waals surface area contributed by atoms with Gasteiger partial charge in [0.05, 0.1) is 11.2 Å². The quantitative estimate of drug-likeness (QED) is 0.727. The average Bonchev–Trinajstić information content (AvgIpc) is 3.22. The lowest BCUT2D eigenvalue weighted by atomic mass is 10.1. The number of anilines is 1. The first-order valence-electron chi connectivity index (χ1n) is 7.26. The van der Waals surface area contributed by atoms with E-state index in [1.807, 2.05) is 13.0 Å². The molecular formula is C16H16N2O4S2. The van der Waals surface area contributed by atoms with Crippen LogP contribution in [0.1, 0.15) is 23.0 Å². The Morgan fingerprint density at radius 2 is 2.08 bits per heavy atom. The minimum absolute atomic E-state index is 0.0291. The van der Waals surface area contributed by atoms with Gasteiger partial charge in [-0.2, -0.15) is 0 Å². The molecule has 1 aromatic carbocycles. The molecule has 0 bridgehead atoms. The molecule has 0 saturated heterocycles. The van der Waals surface area contributed by atoms with Gasteiger partial charge < -0.3 is 10.1 Å². The van der Waals surface area contributed by atoms with Gasteiger partial charge in [-0.1, -0.05) is 13.0 Å². The molecular weight excluding hydrogens is 348 g/mol. The number of benzene rings is 1. The summed E-state index contributed by atoms with van der Waals surface area (Å²) in [6.45, 7) is 1.96. The van der Waals surface area contributed by atoms with Gasteiger partial charge in [0, 0.05) is 12.4 Å². The number of carboxylic acids is 1. The smallest absolute Gasteiger partial charge is 0.352 e. The highest BCUT2D eigenvalue weighted by Crippen LogP contribution is 2.33. The summed E-state index contributed by atoms with van der Waals surface area (Å²) < 4.78 is 27.0. The van der Waals surface area contributed by atoms with Crippen LogP contribution in [0.25, 0.3) is 10.9 Å².